The normalized spacial score (nSPS) is 16.0. The summed E-state index contributed by atoms with van der Waals surface area (Å²) in [4.78, 5) is 13.0. The third-order valence-electron chi connectivity index (χ3n) is 4.07. The van der Waals surface area contributed by atoms with E-state index in [1.54, 1.807) is 10.9 Å². The number of aliphatic carboxylic acids is 1. The number of ether oxygens (including phenoxy) is 2. The fourth-order valence-electron chi connectivity index (χ4n) is 2.58. The van der Waals surface area contributed by atoms with E-state index in [-0.39, 0.29) is 6.61 Å². The minimum Gasteiger partial charge on any atom is -0.479 e. The van der Waals surface area contributed by atoms with Crippen molar-refractivity contribution in [1.82, 2.24) is 15.0 Å². The van der Waals surface area contributed by atoms with Crippen LogP contribution in [0, 0.1) is 0 Å². The number of aromatic nitrogens is 3. The maximum absolute atomic E-state index is 10.7. The smallest absolute Gasteiger partial charge is 0.332 e. The Morgan fingerprint density at radius 3 is 2.72 bits per heavy atom. The van der Waals surface area contributed by atoms with Crippen molar-refractivity contribution in [1.29, 1.82) is 0 Å². The van der Waals surface area contributed by atoms with Gasteiger partial charge in [-0.15, -0.1) is 5.10 Å². The Morgan fingerprint density at radius 1 is 1.32 bits per heavy atom. The fraction of sp³-hybridized carbons (Fsp3) is 0.471. The predicted octanol–water partition coefficient (Wildman–Crippen LogP) is 1.15. The highest BCUT2D eigenvalue weighted by Crippen LogP contribution is 2.17. The molecule has 25 heavy (non-hydrogen) atoms. The summed E-state index contributed by atoms with van der Waals surface area (Å²) in [6, 6.07) is 8.37. The van der Waals surface area contributed by atoms with Gasteiger partial charge in [0.2, 0.25) is 0 Å². The van der Waals surface area contributed by atoms with Crippen molar-refractivity contribution in [3.8, 4) is 0 Å². The molecule has 0 spiro atoms. The van der Waals surface area contributed by atoms with Crippen LogP contribution < -0.4 is 4.90 Å². The number of benzene rings is 1. The van der Waals surface area contributed by atoms with E-state index in [0.29, 0.717) is 12.2 Å². The number of nitrogens with zero attached hydrogens (tertiary/aromatic N) is 4. The Labute approximate surface area is 146 Å². The zero-order valence-electron chi connectivity index (χ0n) is 14.2. The molecule has 2 heterocycles. The summed E-state index contributed by atoms with van der Waals surface area (Å²) in [7, 11) is 0. The molecule has 1 fully saturated rings. The number of carboxylic acid groups (broad SMARTS) is 1. The van der Waals surface area contributed by atoms with Crippen LogP contribution in [0.4, 0.5) is 5.69 Å². The second kappa shape index (κ2) is 8.09. The van der Waals surface area contributed by atoms with Crippen molar-refractivity contribution >= 4 is 11.7 Å². The van der Waals surface area contributed by atoms with Crippen molar-refractivity contribution in [2.24, 2.45) is 0 Å². The third kappa shape index (κ3) is 4.77. The molecule has 0 bridgehead atoms. The first-order valence-corrected chi connectivity index (χ1v) is 8.27. The molecular formula is C17H22N4O4. The Kier molecular flexibility index (Phi) is 5.62. The van der Waals surface area contributed by atoms with Crippen LogP contribution >= 0.6 is 0 Å². The molecule has 1 atom stereocenters. The topological polar surface area (TPSA) is 89.7 Å². The van der Waals surface area contributed by atoms with Gasteiger partial charge in [0, 0.05) is 18.8 Å². The minimum absolute atomic E-state index is 0.128. The van der Waals surface area contributed by atoms with E-state index in [1.165, 1.54) is 12.6 Å². The molecule has 2 aromatic rings. The lowest BCUT2D eigenvalue weighted by Crippen LogP contribution is -2.36. The van der Waals surface area contributed by atoms with Gasteiger partial charge in [0.05, 0.1) is 32.6 Å². The van der Waals surface area contributed by atoms with E-state index in [4.69, 9.17) is 14.6 Å². The number of hydrogen-bond acceptors (Lipinski definition) is 6. The molecule has 0 radical (unpaired) electrons. The molecule has 8 heteroatoms. The van der Waals surface area contributed by atoms with Crippen molar-refractivity contribution in [2.75, 3.05) is 31.2 Å². The molecule has 1 aliphatic rings. The number of carboxylic acids is 1. The van der Waals surface area contributed by atoms with Crippen LogP contribution in [-0.2, 0) is 27.4 Å². The quantitative estimate of drug-likeness (QED) is 0.804. The Balaban J connectivity index is 1.54. The third-order valence-corrected chi connectivity index (χ3v) is 4.07. The van der Waals surface area contributed by atoms with E-state index in [1.807, 2.05) is 0 Å². The number of rotatable bonds is 7. The van der Waals surface area contributed by atoms with Gasteiger partial charge >= 0.3 is 5.97 Å². The zero-order chi connectivity index (χ0) is 17.6. The Hall–Kier alpha value is -2.45. The van der Waals surface area contributed by atoms with Crippen LogP contribution in [-0.4, -0.2) is 58.5 Å². The summed E-state index contributed by atoms with van der Waals surface area (Å²) < 4.78 is 12.3. The number of morpholine rings is 1. The number of anilines is 1. The first kappa shape index (κ1) is 17.4. The predicted molar refractivity (Wildman–Crippen MR) is 90.5 cm³/mol. The maximum atomic E-state index is 10.7. The van der Waals surface area contributed by atoms with Gasteiger partial charge in [-0.25, -0.2) is 9.48 Å². The van der Waals surface area contributed by atoms with Gasteiger partial charge in [0.1, 0.15) is 5.69 Å². The lowest BCUT2D eigenvalue weighted by molar-refractivity contribution is -0.149. The lowest BCUT2D eigenvalue weighted by atomic mass is 10.2. The first-order valence-electron chi connectivity index (χ1n) is 8.27. The molecule has 1 aromatic carbocycles. The Bertz CT molecular complexity index is 695. The standard InChI is InChI=1S/C17H22N4O4/c1-13(17(22)23)25-12-15-11-21(19-18-15)10-14-2-4-16(5-3-14)20-6-8-24-9-7-20/h2-5,11,13H,6-10,12H2,1H3,(H,22,23)/t13-/m1/s1. The minimum atomic E-state index is -0.993. The van der Waals surface area contributed by atoms with Gasteiger partial charge in [0.15, 0.2) is 6.10 Å². The van der Waals surface area contributed by atoms with Gasteiger partial charge in [-0.2, -0.15) is 0 Å². The average molecular weight is 346 g/mol. The van der Waals surface area contributed by atoms with E-state index in [9.17, 15) is 4.79 Å². The zero-order valence-corrected chi connectivity index (χ0v) is 14.2. The van der Waals surface area contributed by atoms with Crippen LogP contribution in [0.25, 0.3) is 0 Å². The van der Waals surface area contributed by atoms with Gasteiger partial charge in [-0.1, -0.05) is 17.3 Å². The molecule has 1 aromatic heterocycles. The highest BCUT2D eigenvalue weighted by molar-refractivity contribution is 5.71. The van der Waals surface area contributed by atoms with Gasteiger partial charge in [-0.3, -0.25) is 0 Å². The lowest BCUT2D eigenvalue weighted by Gasteiger charge is -2.28. The van der Waals surface area contributed by atoms with E-state index in [2.05, 4.69) is 39.5 Å². The first-order chi connectivity index (χ1) is 12.1. The fourth-order valence-corrected chi connectivity index (χ4v) is 2.58. The van der Waals surface area contributed by atoms with Gasteiger partial charge in [0.25, 0.3) is 0 Å². The highest BCUT2D eigenvalue weighted by atomic mass is 16.5. The molecule has 3 rings (SSSR count). The molecule has 134 valence electrons. The molecule has 8 nitrogen and oxygen atoms in total. The second-order valence-corrected chi connectivity index (χ2v) is 5.96. The number of carbonyl (C=O) groups is 1. The van der Waals surface area contributed by atoms with Crippen molar-refractivity contribution in [3.05, 3.63) is 41.7 Å². The van der Waals surface area contributed by atoms with Crippen LogP contribution in [0.15, 0.2) is 30.5 Å². The maximum Gasteiger partial charge on any atom is 0.332 e. The Morgan fingerprint density at radius 2 is 2.04 bits per heavy atom. The van der Waals surface area contributed by atoms with Crippen LogP contribution in [0.3, 0.4) is 0 Å². The second-order valence-electron chi connectivity index (χ2n) is 5.96. The average Bonchev–Trinajstić information content (AvgIpc) is 3.08. The molecule has 1 saturated heterocycles. The number of hydrogen-bond donors (Lipinski definition) is 1. The van der Waals surface area contributed by atoms with E-state index >= 15 is 0 Å². The van der Waals surface area contributed by atoms with Crippen LogP contribution in [0.1, 0.15) is 18.2 Å². The van der Waals surface area contributed by atoms with Crippen molar-refractivity contribution in [3.63, 3.8) is 0 Å². The van der Waals surface area contributed by atoms with Crippen LogP contribution in [0.5, 0.6) is 0 Å². The molecule has 0 amide bonds. The van der Waals surface area contributed by atoms with E-state index < -0.39 is 12.1 Å². The summed E-state index contributed by atoms with van der Waals surface area (Å²) >= 11 is 0. The van der Waals surface area contributed by atoms with E-state index in [0.717, 1.165) is 31.9 Å². The summed E-state index contributed by atoms with van der Waals surface area (Å²) in [6.07, 6.45) is 0.905. The van der Waals surface area contributed by atoms with Crippen molar-refractivity contribution in [2.45, 2.75) is 26.2 Å². The highest BCUT2D eigenvalue weighted by Gasteiger charge is 2.13. The SMILES string of the molecule is C[C@@H](OCc1cn(Cc2ccc(N3CCOCC3)cc2)nn1)C(=O)O. The van der Waals surface area contributed by atoms with Gasteiger partial charge < -0.3 is 19.5 Å². The van der Waals surface area contributed by atoms with Crippen molar-refractivity contribution < 1.29 is 19.4 Å². The summed E-state index contributed by atoms with van der Waals surface area (Å²) in [5, 5.41) is 16.9. The van der Waals surface area contributed by atoms with Gasteiger partial charge in [-0.05, 0) is 24.6 Å². The molecular weight excluding hydrogens is 324 g/mol. The van der Waals surface area contributed by atoms with Crippen LogP contribution in [0.2, 0.25) is 0 Å². The summed E-state index contributed by atoms with van der Waals surface area (Å²) in [5.74, 6) is -0.993. The monoisotopic (exact) mass is 346 g/mol. The molecule has 1 aliphatic heterocycles. The molecule has 0 unspecified atom stereocenters. The summed E-state index contributed by atoms with van der Waals surface area (Å²) in [6.45, 7) is 5.59. The summed E-state index contributed by atoms with van der Waals surface area (Å²) in [5.41, 5.74) is 2.92. The molecule has 1 N–H and O–H groups in total. The molecule has 0 aliphatic carbocycles. The molecule has 0 saturated carbocycles. The largest absolute Gasteiger partial charge is 0.479 e.